The summed E-state index contributed by atoms with van der Waals surface area (Å²) >= 11 is 0. The smallest absolute Gasteiger partial charge is 0.328 e. The highest BCUT2D eigenvalue weighted by Gasteiger charge is 2.45. The van der Waals surface area contributed by atoms with Crippen LogP contribution in [-0.2, 0) is 39.4 Å². The molecular formula is C44H39NO5. The maximum Gasteiger partial charge on any atom is 0.328 e. The van der Waals surface area contributed by atoms with Crippen LogP contribution in [0.4, 0.5) is 0 Å². The first kappa shape index (κ1) is 33.7. The van der Waals surface area contributed by atoms with Gasteiger partial charge in [-0.1, -0.05) is 158 Å². The second kappa shape index (κ2) is 16.3. The Balaban J connectivity index is 1.34. The van der Waals surface area contributed by atoms with Crippen molar-refractivity contribution in [1.82, 2.24) is 5.32 Å². The van der Waals surface area contributed by atoms with E-state index in [-0.39, 0.29) is 12.3 Å². The number of benzene rings is 6. The Morgan fingerprint density at radius 2 is 0.960 bits per heavy atom. The molecule has 0 aliphatic rings. The summed E-state index contributed by atoms with van der Waals surface area (Å²) in [6, 6.07) is 53.3. The summed E-state index contributed by atoms with van der Waals surface area (Å²) in [6.07, 6.45) is 0.160. The maximum atomic E-state index is 14.9. The second-order valence-corrected chi connectivity index (χ2v) is 11.9. The quantitative estimate of drug-likeness (QED) is 0.0944. The van der Waals surface area contributed by atoms with E-state index in [1.165, 1.54) is 7.11 Å². The Hall–Kier alpha value is -6.14. The Morgan fingerprint density at radius 1 is 0.540 bits per heavy atom. The van der Waals surface area contributed by atoms with E-state index in [4.69, 9.17) is 14.2 Å². The summed E-state index contributed by atoms with van der Waals surface area (Å²) in [4.78, 5) is 28.3. The SMILES string of the molecule is COC(=O)[C@H](Cc1ccc(OCc2ccccc2)c(OCc2ccccc2)c1)NC(=O)C(c1ccccc1)(c1ccccc1)c1ccccc1. The molecule has 0 aliphatic carbocycles. The zero-order valence-corrected chi connectivity index (χ0v) is 27.9. The number of rotatable bonds is 14. The lowest BCUT2D eigenvalue weighted by Crippen LogP contribution is -2.52. The molecule has 0 radical (unpaired) electrons. The molecule has 250 valence electrons. The number of carbonyl (C=O) groups is 2. The highest BCUT2D eigenvalue weighted by atomic mass is 16.5. The molecule has 0 aliphatic heterocycles. The number of hydrogen-bond acceptors (Lipinski definition) is 5. The first-order valence-electron chi connectivity index (χ1n) is 16.6. The Labute approximate surface area is 293 Å². The molecule has 6 aromatic rings. The highest BCUT2D eigenvalue weighted by Crippen LogP contribution is 2.40. The highest BCUT2D eigenvalue weighted by molar-refractivity contribution is 5.98. The molecule has 0 fully saturated rings. The van der Waals surface area contributed by atoms with E-state index >= 15 is 0 Å². The maximum absolute atomic E-state index is 14.9. The lowest BCUT2D eigenvalue weighted by molar-refractivity contribution is -0.145. The Morgan fingerprint density at radius 3 is 1.40 bits per heavy atom. The Bertz CT molecular complexity index is 1870. The molecule has 1 N–H and O–H groups in total. The second-order valence-electron chi connectivity index (χ2n) is 11.9. The van der Waals surface area contributed by atoms with Gasteiger partial charge in [0.25, 0.3) is 0 Å². The molecule has 0 saturated heterocycles. The molecule has 6 aromatic carbocycles. The molecule has 1 atom stereocenters. The van der Waals surface area contributed by atoms with Crippen LogP contribution in [0.5, 0.6) is 11.5 Å². The lowest BCUT2D eigenvalue weighted by Gasteiger charge is -2.35. The summed E-state index contributed by atoms with van der Waals surface area (Å²) in [7, 11) is 1.33. The van der Waals surface area contributed by atoms with Gasteiger partial charge in [-0.15, -0.1) is 0 Å². The minimum atomic E-state index is -1.25. The molecule has 1 amide bonds. The third-order valence-corrected chi connectivity index (χ3v) is 8.67. The van der Waals surface area contributed by atoms with Crippen molar-refractivity contribution in [1.29, 1.82) is 0 Å². The predicted octanol–water partition coefficient (Wildman–Crippen LogP) is 8.08. The van der Waals surface area contributed by atoms with Crippen molar-refractivity contribution < 1.29 is 23.8 Å². The number of amides is 1. The largest absolute Gasteiger partial charge is 0.485 e. The van der Waals surface area contributed by atoms with Crippen LogP contribution in [-0.4, -0.2) is 25.0 Å². The monoisotopic (exact) mass is 661 g/mol. The van der Waals surface area contributed by atoms with E-state index in [2.05, 4.69) is 5.32 Å². The predicted molar refractivity (Wildman–Crippen MR) is 195 cm³/mol. The van der Waals surface area contributed by atoms with Gasteiger partial charge in [0.05, 0.1) is 7.11 Å². The number of nitrogens with one attached hydrogen (secondary N) is 1. The molecule has 50 heavy (non-hydrogen) atoms. The fourth-order valence-corrected chi connectivity index (χ4v) is 6.18. The summed E-state index contributed by atoms with van der Waals surface area (Å²) in [5, 5.41) is 3.11. The van der Waals surface area contributed by atoms with Crippen LogP contribution in [0.15, 0.2) is 170 Å². The van der Waals surface area contributed by atoms with E-state index in [1.807, 2.05) is 170 Å². The average Bonchev–Trinajstić information content (AvgIpc) is 3.18. The fourth-order valence-electron chi connectivity index (χ4n) is 6.18. The van der Waals surface area contributed by atoms with E-state index in [1.54, 1.807) is 0 Å². The van der Waals surface area contributed by atoms with Crippen LogP contribution < -0.4 is 14.8 Å². The fraction of sp³-hybridized carbons (Fsp3) is 0.136. The van der Waals surface area contributed by atoms with Gasteiger partial charge in [-0.05, 0) is 45.5 Å². The van der Waals surface area contributed by atoms with Gasteiger partial charge < -0.3 is 19.5 Å². The number of esters is 1. The topological polar surface area (TPSA) is 73.9 Å². The number of methoxy groups -OCH3 is 1. The number of hydrogen-bond donors (Lipinski definition) is 1. The zero-order valence-electron chi connectivity index (χ0n) is 27.9. The van der Waals surface area contributed by atoms with Crippen molar-refractivity contribution in [2.75, 3.05) is 7.11 Å². The van der Waals surface area contributed by atoms with Gasteiger partial charge in [-0.25, -0.2) is 4.79 Å². The summed E-state index contributed by atoms with van der Waals surface area (Å²) in [5.74, 6) is 0.199. The molecule has 6 rings (SSSR count). The summed E-state index contributed by atoms with van der Waals surface area (Å²) < 4.78 is 17.8. The Kier molecular flexibility index (Phi) is 11.0. The van der Waals surface area contributed by atoms with E-state index in [0.29, 0.717) is 24.7 Å². The van der Waals surface area contributed by atoms with Crippen LogP contribution in [0.1, 0.15) is 33.4 Å². The van der Waals surface area contributed by atoms with Crippen LogP contribution in [0, 0.1) is 0 Å². The van der Waals surface area contributed by atoms with Gasteiger partial charge in [0.15, 0.2) is 11.5 Å². The summed E-state index contributed by atoms with van der Waals surface area (Å²) in [6.45, 7) is 0.695. The third-order valence-electron chi connectivity index (χ3n) is 8.67. The molecule has 0 unspecified atom stereocenters. The van der Waals surface area contributed by atoms with Gasteiger partial charge in [0, 0.05) is 6.42 Å². The van der Waals surface area contributed by atoms with Gasteiger partial charge >= 0.3 is 5.97 Å². The molecular weight excluding hydrogens is 622 g/mol. The minimum Gasteiger partial charge on any atom is -0.485 e. The molecule has 6 heteroatoms. The van der Waals surface area contributed by atoms with Crippen molar-refractivity contribution in [3.8, 4) is 11.5 Å². The van der Waals surface area contributed by atoms with Crippen LogP contribution in [0.2, 0.25) is 0 Å². The van der Waals surface area contributed by atoms with Crippen LogP contribution in [0.3, 0.4) is 0 Å². The van der Waals surface area contributed by atoms with Crippen molar-refractivity contribution in [2.24, 2.45) is 0 Å². The van der Waals surface area contributed by atoms with Crippen molar-refractivity contribution in [3.63, 3.8) is 0 Å². The first-order chi connectivity index (χ1) is 24.6. The lowest BCUT2D eigenvalue weighted by atomic mass is 9.68. The molecule has 0 heterocycles. The molecule has 0 saturated carbocycles. The van der Waals surface area contributed by atoms with Crippen molar-refractivity contribution in [2.45, 2.75) is 31.1 Å². The molecule has 0 spiro atoms. The number of carbonyl (C=O) groups excluding carboxylic acids is 2. The van der Waals surface area contributed by atoms with Gasteiger partial charge in [-0.3, -0.25) is 4.79 Å². The molecule has 0 aromatic heterocycles. The average molecular weight is 662 g/mol. The van der Waals surface area contributed by atoms with Crippen LogP contribution in [0.25, 0.3) is 0 Å². The number of ether oxygens (including phenoxy) is 3. The first-order valence-corrected chi connectivity index (χ1v) is 16.6. The van der Waals surface area contributed by atoms with Crippen LogP contribution >= 0.6 is 0 Å². The van der Waals surface area contributed by atoms with E-state index in [0.717, 1.165) is 33.4 Å². The molecule has 6 nitrogen and oxygen atoms in total. The van der Waals surface area contributed by atoms with Crippen molar-refractivity contribution in [3.05, 3.63) is 203 Å². The standard InChI is InChI=1S/C44H39NO5/c1-48-42(46)39(45-43(47)44(36-21-11-4-12-22-36,37-23-13-5-14-24-37)38-25-15-6-16-26-38)29-35-27-28-40(49-31-33-17-7-2-8-18-33)41(30-35)50-32-34-19-9-3-10-20-34/h2-28,30,39H,29,31-32H2,1H3,(H,45,47)/t39-/m0/s1. The zero-order chi connectivity index (χ0) is 34.6. The van der Waals surface area contributed by atoms with Gasteiger partial charge in [0.1, 0.15) is 24.7 Å². The van der Waals surface area contributed by atoms with Gasteiger partial charge in [0.2, 0.25) is 5.91 Å². The van der Waals surface area contributed by atoms with Gasteiger partial charge in [-0.2, -0.15) is 0 Å². The summed E-state index contributed by atoms with van der Waals surface area (Å²) in [5.41, 5.74) is 3.86. The molecule has 0 bridgehead atoms. The third kappa shape index (κ3) is 7.77. The normalized spacial score (nSPS) is 11.6. The van der Waals surface area contributed by atoms with E-state index in [9.17, 15) is 9.59 Å². The van der Waals surface area contributed by atoms with Crippen molar-refractivity contribution >= 4 is 11.9 Å². The minimum absolute atomic E-state index is 0.160. The van der Waals surface area contributed by atoms with E-state index < -0.39 is 17.4 Å².